The predicted molar refractivity (Wildman–Crippen MR) is 70.1 cm³/mol. The van der Waals surface area contributed by atoms with Crippen LogP contribution in [0.25, 0.3) is 0 Å². The van der Waals surface area contributed by atoms with Crippen molar-refractivity contribution in [3.63, 3.8) is 0 Å². The molecule has 96 valence electrons. The first-order chi connectivity index (χ1) is 9.27. The van der Waals surface area contributed by atoms with Crippen molar-refractivity contribution >= 4 is 11.6 Å². The molecule has 2 rings (SSSR count). The van der Waals surface area contributed by atoms with E-state index in [-0.39, 0.29) is 12.3 Å². The van der Waals surface area contributed by atoms with Gasteiger partial charge in [0.2, 0.25) is 5.91 Å². The fourth-order valence-corrected chi connectivity index (χ4v) is 2.27. The number of nitrogens with zero attached hydrogens (tertiary/aromatic N) is 3. The van der Waals surface area contributed by atoms with E-state index in [0.29, 0.717) is 18.7 Å². The van der Waals surface area contributed by atoms with Gasteiger partial charge < -0.3 is 10.2 Å². The number of carbonyl (C=O) groups is 1. The zero-order valence-electron chi connectivity index (χ0n) is 10.5. The second-order valence-corrected chi connectivity index (χ2v) is 4.34. The summed E-state index contributed by atoms with van der Waals surface area (Å²) >= 11 is 0. The van der Waals surface area contributed by atoms with E-state index in [1.807, 2.05) is 23.1 Å². The van der Waals surface area contributed by atoms with Crippen LogP contribution in [0.2, 0.25) is 0 Å². The minimum absolute atomic E-state index is 0.117. The molecule has 1 aliphatic heterocycles. The Hall–Kier alpha value is -2.53. The van der Waals surface area contributed by atoms with Gasteiger partial charge in [-0.05, 0) is 18.6 Å². The molecule has 1 aliphatic rings. The minimum Gasteiger partial charge on any atom is -0.358 e. The molecule has 1 unspecified atom stereocenters. The summed E-state index contributed by atoms with van der Waals surface area (Å²) in [6, 6.07) is 10.8. The highest BCUT2D eigenvalue weighted by atomic mass is 16.2. The Morgan fingerprint density at radius 3 is 2.89 bits per heavy atom. The quantitative estimate of drug-likeness (QED) is 0.859. The van der Waals surface area contributed by atoms with Gasteiger partial charge in [-0.3, -0.25) is 4.79 Å². The molecule has 5 heteroatoms. The van der Waals surface area contributed by atoms with E-state index in [4.69, 9.17) is 10.5 Å². The topological polar surface area (TPSA) is 79.9 Å². The molecule has 19 heavy (non-hydrogen) atoms. The van der Waals surface area contributed by atoms with Crippen molar-refractivity contribution in [3.05, 3.63) is 29.8 Å². The number of amides is 1. The highest BCUT2D eigenvalue weighted by Crippen LogP contribution is 2.24. The van der Waals surface area contributed by atoms with Gasteiger partial charge in [0.15, 0.2) is 0 Å². The molecule has 1 amide bonds. The van der Waals surface area contributed by atoms with Crippen LogP contribution >= 0.6 is 0 Å². The third kappa shape index (κ3) is 2.66. The molecule has 1 N–H and O–H groups in total. The number of nitrogens with one attached hydrogen (secondary N) is 1. The zero-order valence-corrected chi connectivity index (χ0v) is 10.5. The molecule has 1 heterocycles. The molecule has 0 bridgehead atoms. The van der Waals surface area contributed by atoms with Crippen molar-refractivity contribution in [1.82, 2.24) is 5.32 Å². The van der Waals surface area contributed by atoms with Gasteiger partial charge in [0, 0.05) is 13.1 Å². The molecular formula is C14H14N4O. The van der Waals surface area contributed by atoms with E-state index < -0.39 is 6.04 Å². The van der Waals surface area contributed by atoms with Crippen LogP contribution in [0.3, 0.4) is 0 Å². The summed E-state index contributed by atoms with van der Waals surface area (Å²) in [6.45, 7) is 1.26. The van der Waals surface area contributed by atoms with Gasteiger partial charge in [-0.1, -0.05) is 12.1 Å². The second kappa shape index (κ2) is 5.88. The van der Waals surface area contributed by atoms with Crippen molar-refractivity contribution in [2.24, 2.45) is 0 Å². The highest BCUT2D eigenvalue weighted by molar-refractivity contribution is 5.86. The number of hydrogen-bond acceptors (Lipinski definition) is 4. The summed E-state index contributed by atoms with van der Waals surface area (Å²) in [5.74, 6) is -0.146. The van der Waals surface area contributed by atoms with Crippen molar-refractivity contribution in [1.29, 1.82) is 10.5 Å². The van der Waals surface area contributed by atoms with E-state index in [0.717, 1.165) is 12.1 Å². The van der Waals surface area contributed by atoms with E-state index in [9.17, 15) is 4.79 Å². The Kier molecular flexibility index (Phi) is 4.00. The van der Waals surface area contributed by atoms with E-state index in [1.165, 1.54) is 0 Å². The molecule has 1 aromatic carbocycles. The first-order valence-corrected chi connectivity index (χ1v) is 6.18. The van der Waals surface area contributed by atoms with Crippen LogP contribution < -0.4 is 10.2 Å². The zero-order chi connectivity index (χ0) is 13.7. The Balaban J connectivity index is 2.41. The Bertz CT molecular complexity index is 555. The van der Waals surface area contributed by atoms with Crippen molar-refractivity contribution in [2.45, 2.75) is 18.9 Å². The maximum Gasteiger partial charge on any atom is 0.243 e. The number of anilines is 1. The van der Waals surface area contributed by atoms with Crippen LogP contribution in [-0.2, 0) is 4.79 Å². The SMILES string of the molecule is N#CCC1C(=O)NCCCN1c1ccccc1C#N. The van der Waals surface area contributed by atoms with Gasteiger partial charge in [0.1, 0.15) is 12.1 Å². The standard InChI is InChI=1S/C14H14N4O/c15-7-6-13-14(19)17-8-3-9-18(13)12-5-2-1-4-11(12)10-16/h1-2,4-5,13H,3,6,8-9H2,(H,17,19). The summed E-state index contributed by atoms with van der Waals surface area (Å²) in [5.41, 5.74) is 1.25. The van der Waals surface area contributed by atoms with Gasteiger partial charge in [0.05, 0.1) is 23.7 Å². The number of para-hydroxylation sites is 1. The number of rotatable bonds is 2. The molecule has 0 aliphatic carbocycles. The third-order valence-corrected chi connectivity index (χ3v) is 3.17. The van der Waals surface area contributed by atoms with E-state index in [1.54, 1.807) is 12.1 Å². The second-order valence-electron chi connectivity index (χ2n) is 4.34. The highest BCUT2D eigenvalue weighted by Gasteiger charge is 2.29. The fourth-order valence-electron chi connectivity index (χ4n) is 2.27. The van der Waals surface area contributed by atoms with Gasteiger partial charge in [-0.25, -0.2) is 0 Å². The van der Waals surface area contributed by atoms with Gasteiger partial charge in [-0.15, -0.1) is 0 Å². The molecular weight excluding hydrogens is 240 g/mol. The summed E-state index contributed by atoms with van der Waals surface area (Å²) in [6.07, 6.45) is 0.916. The molecule has 0 aromatic heterocycles. The molecule has 1 aromatic rings. The number of benzene rings is 1. The van der Waals surface area contributed by atoms with Gasteiger partial charge >= 0.3 is 0 Å². The molecule has 0 spiro atoms. The average molecular weight is 254 g/mol. The van der Waals surface area contributed by atoms with Gasteiger partial charge in [0.25, 0.3) is 0 Å². The fraction of sp³-hybridized carbons (Fsp3) is 0.357. The van der Waals surface area contributed by atoms with Gasteiger partial charge in [-0.2, -0.15) is 10.5 Å². The van der Waals surface area contributed by atoms with Crippen LogP contribution in [0.4, 0.5) is 5.69 Å². The smallest absolute Gasteiger partial charge is 0.243 e. The predicted octanol–water partition coefficient (Wildman–Crippen LogP) is 1.17. The van der Waals surface area contributed by atoms with Crippen LogP contribution in [0.1, 0.15) is 18.4 Å². The Morgan fingerprint density at radius 2 is 2.16 bits per heavy atom. The van der Waals surface area contributed by atoms with E-state index in [2.05, 4.69) is 11.4 Å². The van der Waals surface area contributed by atoms with Crippen LogP contribution in [-0.4, -0.2) is 25.0 Å². The first-order valence-electron chi connectivity index (χ1n) is 6.18. The van der Waals surface area contributed by atoms with Crippen molar-refractivity contribution in [2.75, 3.05) is 18.0 Å². The van der Waals surface area contributed by atoms with Crippen LogP contribution in [0.5, 0.6) is 0 Å². The lowest BCUT2D eigenvalue weighted by atomic mass is 10.1. The summed E-state index contributed by atoms with van der Waals surface area (Å²) < 4.78 is 0. The molecule has 0 radical (unpaired) electrons. The number of nitriles is 2. The third-order valence-electron chi connectivity index (χ3n) is 3.17. The molecule has 5 nitrogen and oxygen atoms in total. The lowest BCUT2D eigenvalue weighted by Gasteiger charge is -2.29. The average Bonchev–Trinajstić information content (AvgIpc) is 2.62. The largest absolute Gasteiger partial charge is 0.358 e. The first kappa shape index (κ1) is 12.9. The van der Waals surface area contributed by atoms with E-state index >= 15 is 0 Å². The summed E-state index contributed by atoms with van der Waals surface area (Å²) in [7, 11) is 0. The molecule has 1 saturated heterocycles. The molecule has 1 atom stereocenters. The summed E-state index contributed by atoms with van der Waals surface area (Å²) in [4.78, 5) is 13.9. The minimum atomic E-state index is -0.526. The Morgan fingerprint density at radius 1 is 1.37 bits per heavy atom. The maximum absolute atomic E-state index is 12.0. The number of hydrogen-bond donors (Lipinski definition) is 1. The lowest BCUT2D eigenvalue weighted by Crippen LogP contribution is -2.44. The Labute approximate surface area is 112 Å². The lowest BCUT2D eigenvalue weighted by molar-refractivity contribution is -0.121. The molecule has 1 fully saturated rings. The maximum atomic E-state index is 12.0. The summed E-state index contributed by atoms with van der Waals surface area (Å²) in [5, 5.41) is 20.9. The normalized spacial score (nSPS) is 18.9. The number of carbonyl (C=O) groups excluding carboxylic acids is 1. The van der Waals surface area contributed by atoms with Crippen LogP contribution in [0, 0.1) is 22.7 Å². The molecule has 0 saturated carbocycles. The van der Waals surface area contributed by atoms with Crippen molar-refractivity contribution in [3.8, 4) is 12.1 Å². The van der Waals surface area contributed by atoms with Crippen molar-refractivity contribution < 1.29 is 4.79 Å². The monoisotopic (exact) mass is 254 g/mol. The van der Waals surface area contributed by atoms with Crippen LogP contribution in [0.15, 0.2) is 24.3 Å².